The van der Waals surface area contributed by atoms with Gasteiger partial charge in [-0.05, 0) is 24.6 Å². The quantitative estimate of drug-likeness (QED) is 0.836. The number of rotatable bonds is 5. The molecular weight excluding hydrogens is 358 g/mol. The van der Waals surface area contributed by atoms with Crippen LogP contribution in [0.4, 0.5) is 0 Å². The number of sulfonamides is 1. The molecule has 0 spiro atoms. The summed E-state index contributed by atoms with van der Waals surface area (Å²) in [6.07, 6.45) is 0. The van der Waals surface area contributed by atoms with Crippen LogP contribution in [-0.4, -0.2) is 35.1 Å². The van der Waals surface area contributed by atoms with E-state index in [9.17, 15) is 13.5 Å². The third-order valence-corrected chi connectivity index (χ3v) is 5.47. The van der Waals surface area contributed by atoms with Gasteiger partial charge in [0.2, 0.25) is 0 Å². The Balaban J connectivity index is 2.28. The van der Waals surface area contributed by atoms with Crippen molar-refractivity contribution < 1.29 is 13.5 Å². The molecular formula is C13H16BrN3O3S. The van der Waals surface area contributed by atoms with Crippen LogP contribution >= 0.6 is 15.9 Å². The first-order chi connectivity index (χ1) is 9.86. The van der Waals surface area contributed by atoms with Crippen molar-refractivity contribution in [2.45, 2.75) is 25.1 Å². The lowest BCUT2D eigenvalue weighted by molar-refractivity contribution is 0.277. The van der Waals surface area contributed by atoms with Gasteiger partial charge in [0.05, 0.1) is 6.61 Å². The molecule has 6 nitrogen and oxygen atoms in total. The second-order valence-electron chi connectivity index (χ2n) is 4.68. The summed E-state index contributed by atoms with van der Waals surface area (Å²) in [7, 11) is -2.26. The van der Waals surface area contributed by atoms with Crippen LogP contribution in [0.2, 0.25) is 0 Å². The zero-order valence-electron chi connectivity index (χ0n) is 11.7. The summed E-state index contributed by atoms with van der Waals surface area (Å²) in [5.74, 6) is 0. The fraction of sp³-hybridized carbons (Fsp3) is 0.308. The first-order valence-electron chi connectivity index (χ1n) is 6.21. The van der Waals surface area contributed by atoms with Crippen molar-refractivity contribution in [2.24, 2.45) is 0 Å². The normalized spacial score (nSPS) is 12.0. The van der Waals surface area contributed by atoms with Crippen LogP contribution < -0.4 is 0 Å². The minimum Gasteiger partial charge on any atom is -0.392 e. The predicted molar refractivity (Wildman–Crippen MR) is 82.0 cm³/mol. The summed E-state index contributed by atoms with van der Waals surface area (Å²) >= 11 is 3.34. The molecule has 0 saturated heterocycles. The van der Waals surface area contributed by atoms with Crippen molar-refractivity contribution >= 4 is 26.0 Å². The van der Waals surface area contributed by atoms with Gasteiger partial charge in [-0.2, -0.15) is 9.40 Å². The van der Waals surface area contributed by atoms with Gasteiger partial charge < -0.3 is 5.11 Å². The molecule has 2 rings (SSSR count). The van der Waals surface area contributed by atoms with Gasteiger partial charge in [0.1, 0.15) is 0 Å². The fourth-order valence-corrected chi connectivity index (χ4v) is 3.48. The van der Waals surface area contributed by atoms with E-state index in [0.717, 1.165) is 10.0 Å². The molecule has 0 amide bonds. The van der Waals surface area contributed by atoms with Gasteiger partial charge in [-0.1, -0.05) is 28.1 Å². The lowest BCUT2D eigenvalue weighted by Gasteiger charge is -2.16. The van der Waals surface area contributed by atoms with Gasteiger partial charge >= 0.3 is 0 Å². The first kappa shape index (κ1) is 16.2. The lowest BCUT2D eigenvalue weighted by atomic mass is 10.2. The van der Waals surface area contributed by atoms with Crippen LogP contribution in [-0.2, 0) is 23.2 Å². The number of nitrogens with zero attached hydrogens (tertiary/aromatic N) is 2. The molecule has 0 aliphatic rings. The van der Waals surface area contributed by atoms with Gasteiger partial charge in [0.15, 0.2) is 5.03 Å². The number of aryl methyl sites for hydroxylation is 1. The SMILES string of the molecule is Cc1[nH]nc(S(=O)(=O)N(C)Cc2ccc(Br)cc2)c1CO. The lowest BCUT2D eigenvalue weighted by Crippen LogP contribution is -2.27. The Kier molecular flexibility index (Phi) is 4.82. The van der Waals surface area contributed by atoms with Crippen LogP contribution in [0, 0.1) is 6.92 Å². The second kappa shape index (κ2) is 6.27. The summed E-state index contributed by atoms with van der Waals surface area (Å²) in [5, 5.41) is 15.6. The number of hydrogen-bond acceptors (Lipinski definition) is 4. The van der Waals surface area contributed by atoms with Gasteiger partial charge in [-0.15, -0.1) is 0 Å². The molecule has 0 bridgehead atoms. The number of nitrogens with one attached hydrogen (secondary N) is 1. The molecule has 0 unspecified atom stereocenters. The van der Waals surface area contributed by atoms with Crippen LogP contribution in [0.15, 0.2) is 33.8 Å². The van der Waals surface area contributed by atoms with Gasteiger partial charge in [0, 0.05) is 29.3 Å². The second-order valence-corrected chi connectivity index (χ2v) is 7.55. The number of aromatic nitrogens is 2. The Morgan fingerprint density at radius 1 is 1.33 bits per heavy atom. The summed E-state index contributed by atoms with van der Waals surface area (Å²) in [5.41, 5.74) is 1.72. The molecule has 0 fully saturated rings. The molecule has 1 aromatic heterocycles. The third-order valence-electron chi connectivity index (χ3n) is 3.17. The molecule has 0 saturated carbocycles. The van der Waals surface area contributed by atoms with Crippen LogP contribution in [0.5, 0.6) is 0 Å². The maximum atomic E-state index is 12.5. The Labute approximate surface area is 132 Å². The average molecular weight is 374 g/mol. The van der Waals surface area contributed by atoms with Crippen LogP contribution in [0.1, 0.15) is 16.8 Å². The van der Waals surface area contributed by atoms with Crippen LogP contribution in [0.25, 0.3) is 0 Å². The van der Waals surface area contributed by atoms with E-state index in [4.69, 9.17) is 0 Å². The number of aromatic amines is 1. The molecule has 114 valence electrons. The molecule has 2 aromatic rings. The van der Waals surface area contributed by atoms with E-state index in [0.29, 0.717) is 11.3 Å². The minimum absolute atomic E-state index is 0.123. The van der Waals surface area contributed by atoms with Gasteiger partial charge in [0.25, 0.3) is 10.0 Å². The molecule has 1 heterocycles. The maximum Gasteiger partial charge on any atom is 0.262 e. The molecule has 0 atom stereocenters. The molecule has 0 radical (unpaired) electrons. The smallest absolute Gasteiger partial charge is 0.262 e. The molecule has 0 aliphatic carbocycles. The van der Waals surface area contributed by atoms with Crippen molar-refractivity contribution in [3.05, 3.63) is 45.6 Å². The zero-order chi connectivity index (χ0) is 15.6. The first-order valence-corrected chi connectivity index (χ1v) is 8.45. The number of aliphatic hydroxyl groups excluding tert-OH is 1. The predicted octanol–water partition coefficient (Wildman–Crippen LogP) is 1.79. The Bertz CT molecular complexity index is 726. The number of aliphatic hydroxyl groups is 1. The molecule has 1 aromatic carbocycles. The van der Waals surface area contributed by atoms with Gasteiger partial charge in [-0.25, -0.2) is 8.42 Å². The molecule has 0 aliphatic heterocycles. The molecule has 21 heavy (non-hydrogen) atoms. The highest BCUT2D eigenvalue weighted by atomic mass is 79.9. The zero-order valence-corrected chi connectivity index (χ0v) is 14.1. The number of H-pyrrole nitrogens is 1. The van der Waals surface area contributed by atoms with Gasteiger partial charge in [-0.3, -0.25) is 5.10 Å². The maximum absolute atomic E-state index is 12.5. The highest BCUT2D eigenvalue weighted by Crippen LogP contribution is 2.21. The fourth-order valence-electron chi connectivity index (χ4n) is 1.91. The Morgan fingerprint density at radius 3 is 2.52 bits per heavy atom. The largest absolute Gasteiger partial charge is 0.392 e. The van der Waals surface area contributed by atoms with Crippen molar-refractivity contribution in [3.8, 4) is 0 Å². The topological polar surface area (TPSA) is 86.3 Å². The third kappa shape index (κ3) is 3.34. The standard InChI is InChI=1S/C13H16BrN3O3S/c1-9-12(8-18)13(16-15-9)21(19,20)17(2)7-10-3-5-11(14)6-4-10/h3-6,18H,7-8H2,1-2H3,(H,15,16). The molecule has 8 heteroatoms. The van der Waals surface area contributed by atoms with E-state index in [1.54, 1.807) is 6.92 Å². The Morgan fingerprint density at radius 2 is 1.95 bits per heavy atom. The van der Waals surface area contributed by atoms with E-state index < -0.39 is 10.0 Å². The number of hydrogen-bond donors (Lipinski definition) is 2. The van der Waals surface area contributed by atoms with E-state index in [1.807, 2.05) is 24.3 Å². The summed E-state index contributed by atoms with van der Waals surface area (Å²) < 4.78 is 27.2. The summed E-state index contributed by atoms with van der Waals surface area (Å²) in [4.78, 5) is 0. The monoisotopic (exact) mass is 373 g/mol. The van der Waals surface area contributed by atoms with E-state index >= 15 is 0 Å². The average Bonchev–Trinajstić information content (AvgIpc) is 2.82. The highest BCUT2D eigenvalue weighted by molar-refractivity contribution is 9.10. The minimum atomic E-state index is -3.75. The summed E-state index contributed by atoms with van der Waals surface area (Å²) in [6.45, 7) is 1.53. The van der Waals surface area contributed by atoms with Crippen LogP contribution in [0.3, 0.4) is 0 Å². The number of halogens is 1. The number of benzene rings is 1. The van der Waals surface area contributed by atoms with Crippen molar-refractivity contribution in [2.75, 3.05) is 7.05 Å². The van der Waals surface area contributed by atoms with Crippen molar-refractivity contribution in [3.63, 3.8) is 0 Å². The Hall–Kier alpha value is -1.22. The molecule has 2 N–H and O–H groups in total. The summed E-state index contributed by atoms with van der Waals surface area (Å²) in [6, 6.07) is 7.40. The van der Waals surface area contributed by atoms with E-state index in [1.165, 1.54) is 11.4 Å². The van der Waals surface area contributed by atoms with Crippen molar-refractivity contribution in [1.82, 2.24) is 14.5 Å². The van der Waals surface area contributed by atoms with E-state index in [2.05, 4.69) is 26.1 Å². The highest BCUT2D eigenvalue weighted by Gasteiger charge is 2.27. The van der Waals surface area contributed by atoms with Crippen molar-refractivity contribution in [1.29, 1.82) is 0 Å². The van der Waals surface area contributed by atoms with E-state index in [-0.39, 0.29) is 18.2 Å².